The molecule has 2 aromatic heterocycles. The molecule has 9 heteroatoms. The van der Waals surface area contributed by atoms with Crippen molar-refractivity contribution in [2.75, 3.05) is 37.7 Å². The molecule has 0 aliphatic carbocycles. The zero-order valence-electron chi connectivity index (χ0n) is 16.8. The van der Waals surface area contributed by atoms with Crippen LogP contribution in [0.2, 0.25) is 0 Å². The summed E-state index contributed by atoms with van der Waals surface area (Å²) in [5, 5.41) is 4.11. The van der Waals surface area contributed by atoms with Crippen molar-refractivity contribution in [3.63, 3.8) is 0 Å². The molecule has 0 spiro atoms. The van der Waals surface area contributed by atoms with E-state index in [0.717, 1.165) is 6.42 Å². The van der Waals surface area contributed by atoms with Crippen molar-refractivity contribution in [1.29, 1.82) is 0 Å². The van der Waals surface area contributed by atoms with Gasteiger partial charge in [-0.15, -0.1) is 0 Å². The summed E-state index contributed by atoms with van der Waals surface area (Å²) < 4.78 is 7.08. The number of ether oxygens (including phenoxy) is 1. The molecule has 4 rings (SSSR count). The molecule has 1 amide bonds. The Balaban J connectivity index is 1.63. The lowest BCUT2D eigenvalue weighted by atomic mass is 9.75. The summed E-state index contributed by atoms with van der Waals surface area (Å²) in [5.41, 5.74) is -0.105. The van der Waals surface area contributed by atoms with Gasteiger partial charge in [0.25, 0.3) is 5.91 Å². The molecule has 0 aromatic carbocycles. The lowest BCUT2D eigenvalue weighted by molar-refractivity contribution is -0.157. The van der Waals surface area contributed by atoms with E-state index in [1.54, 1.807) is 42.5 Å². The molecule has 0 radical (unpaired) electrons. The van der Waals surface area contributed by atoms with E-state index in [1.165, 1.54) is 0 Å². The van der Waals surface area contributed by atoms with Crippen LogP contribution < -0.4 is 4.90 Å². The maximum absolute atomic E-state index is 13.1. The molecule has 2 aliphatic rings. The first-order valence-electron chi connectivity index (χ1n) is 10.0. The highest BCUT2D eigenvalue weighted by Crippen LogP contribution is 2.44. The van der Waals surface area contributed by atoms with Crippen LogP contribution in [0.3, 0.4) is 0 Å². The Morgan fingerprint density at radius 2 is 2.03 bits per heavy atom. The summed E-state index contributed by atoms with van der Waals surface area (Å²) in [6.07, 6.45) is 6.44. The summed E-state index contributed by atoms with van der Waals surface area (Å²) in [6, 6.07) is 3.50. The second kappa shape index (κ2) is 7.81. The van der Waals surface area contributed by atoms with E-state index in [2.05, 4.69) is 15.1 Å². The molecule has 0 unspecified atom stereocenters. The van der Waals surface area contributed by atoms with Crippen LogP contribution in [0.1, 0.15) is 30.3 Å². The molecule has 4 heterocycles. The molecule has 0 N–H and O–H groups in total. The summed E-state index contributed by atoms with van der Waals surface area (Å²) in [6.45, 7) is 4.39. The largest absolute Gasteiger partial charge is 0.466 e. The van der Waals surface area contributed by atoms with Crippen molar-refractivity contribution in [3.8, 4) is 0 Å². The summed E-state index contributed by atoms with van der Waals surface area (Å²) in [5.74, 6) is 0.316. The van der Waals surface area contributed by atoms with Gasteiger partial charge in [0.2, 0.25) is 5.95 Å². The number of aromatic nitrogens is 4. The van der Waals surface area contributed by atoms with Gasteiger partial charge < -0.3 is 14.5 Å². The first-order chi connectivity index (χ1) is 14.0. The van der Waals surface area contributed by atoms with E-state index in [-0.39, 0.29) is 17.8 Å². The fourth-order valence-electron chi connectivity index (χ4n) is 4.58. The third kappa shape index (κ3) is 3.45. The molecular formula is C20H26N6O3. The Morgan fingerprint density at radius 1 is 1.24 bits per heavy atom. The normalized spacial score (nSPS) is 24.1. The van der Waals surface area contributed by atoms with E-state index in [4.69, 9.17) is 4.74 Å². The maximum Gasteiger partial charge on any atom is 0.314 e. The molecule has 2 aliphatic heterocycles. The summed E-state index contributed by atoms with van der Waals surface area (Å²) in [4.78, 5) is 38.8. The molecule has 2 atom stereocenters. The van der Waals surface area contributed by atoms with Crippen molar-refractivity contribution in [1.82, 2.24) is 24.6 Å². The predicted molar refractivity (Wildman–Crippen MR) is 105 cm³/mol. The van der Waals surface area contributed by atoms with E-state index in [0.29, 0.717) is 50.8 Å². The van der Waals surface area contributed by atoms with E-state index >= 15 is 0 Å². The number of aryl methyl sites for hydroxylation is 1. The van der Waals surface area contributed by atoms with Gasteiger partial charge in [0.05, 0.1) is 12.0 Å². The van der Waals surface area contributed by atoms with Crippen LogP contribution in [0.25, 0.3) is 0 Å². The van der Waals surface area contributed by atoms with E-state index in [1.807, 2.05) is 16.7 Å². The molecule has 2 fully saturated rings. The van der Waals surface area contributed by atoms with Crippen molar-refractivity contribution in [2.45, 2.75) is 19.8 Å². The fraction of sp³-hybridized carbons (Fsp3) is 0.550. The van der Waals surface area contributed by atoms with Crippen molar-refractivity contribution < 1.29 is 14.3 Å². The van der Waals surface area contributed by atoms with Gasteiger partial charge in [-0.3, -0.25) is 14.3 Å². The first-order valence-corrected chi connectivity index (χ1v) is 10.0. The van der Waals surface area contributed by atoms with Crippen LogP contribution in [0, 0.1) is 11.3 Å². The highest BCUT2D eigenvalue weighted by molar-refractivity contribution is 5.92. The third-order valence-electron chi connectivity index (χ3n) is 6.03. The van der Waals surface area contributed by atoms with Crippen LogP contribution in [0.4, 0.5) is 5.95 Å². The summed E-state index contributed by atoms with van der Waals surface area (Å²) >= 11 is 0. The predicted octanol–water partition coefficient (Wildman–Crippen LogP) is 1.13. The number of nitrogens with zero attached hydrogens (tertiary/aromatic N) is 6. The number of anilines is 1. The van der Waals surface area contributed by atoms with Crippen molar-refractivity contribution >= 4 is 17.8 Å². The maximum atomic E-state index is 13.1. The molecule has 154 valence electrons. The Morgan fingerprint density at radius 3 is 2.72 bits per heavy atom. The number of amides is 1. The van der Waals surface area contributed by atoms with Gasteiger partial charge in [-0.1, -0.05) is 0 Å². The van der Waals surface area contributed by atoms with Crippen LogP contribution >= 0.6 is 0 Å². The van der Waals surface area contributed by atoms with Gasteiger partial charge in [0.15, 0.2) is 0 Å². The van der Waals surface area contributed by atoms with Crippen LogP contribution in [-0.4, -0.2) is 69.3 Å². The molecule has 0 bridgehead atoms. The summed E-state index contributed by atoms with van der Waals surface area (Å²) in [7, 11) is 1.76. The van der Waals surface area contributed by atoms with Gasteiger partial charge >= 0.3 is 5.97 Å². The number of carbonyl (C=O) groups excluding carboxylic acids is 2. The van der Waals surface area contributed by atoms with Gasteiger partial charge in [0, 0.05) is 57.7 Å². The number of likely N-dealkylation sites (tertiary alicyclic amines) is 1. The molecule has 2 saturated heterocycles. The van der Waals surface area contributed by atoms with Gasteiger partial charge in [0.1, 0.15) is 5.69 Å². The topological polar surface area (TPSA) is 93.5 Å². The second-order valence-corrected chi connectivity index (χ2v) is 7.70. The minimum absolute atomic E-state index is 0.0509. The second-order valence-electron chi connectivity index (χ2n) is 7.70. The van der Waals surface area contributed by atoms with Crippen molar-refractivity contribution in [2.24, 2.45) is 18.4 Å². The van der Waals surface area contributed by atoms with Crippen LogP contribution in [0.15, 0.2) is 30.7 Å². The molecule has 0 saturated carbocycles. The zero-order valence-corrected chi connectivity index (χ0v) is 16.8. The molecular weight excluding hydrogens is 372 g/mol. The average molecular weight is 398 g/mol. The lowest BCUT2D eigenvalue weighted by Crippen LogP contribution is -2.43. The molecule has 9 nitrogen and oxygen atoms in total. The van der Waals surface area contributed by atoms with E-state index < -0.39 is 5.41 Å². The Labute approximate surface area is 169 Å². The quantitative estimate of drug-likeness (QED) is 0.713. The standard InChI is InChI=1S/C20H26N6O3/c1-3-29-18(28)20-7-4-11-25(17(27)16-6-10-23-24(16)2)12-15(20)13-26(14-20)19-21-8-5-9-22-19/h5-6,8-10,15H,3-4,7,11-14H2,1-2H3/t15-,20+/m0/s1. The zero-order chi connectivity index (χ0) is 20.4. The smallest absolute Gasteiger partial charge is 0.314 e. The monoisotopic (exact) mass is 398 g/mol. The molecule has 2 aromatic rings. The van der Waals surface area contributed by atoms with E-state index in [9.17, 15) is 9.59 Å². The Hall–Kier alpha value is -2.97. The average Bonchev–Trinajstić information content (AvgIpc) is 3.27. The van der Waals surface area contributed by atoms with Gasteiger partial charge in [-0.25, -0.2) is 9.97 Å². The van der Waals surface area contributed by atoms with Gasteiger partial charge in [-0.05, 0) is 31.9 Å². The number of carbonyl (C=O) groups is 2. The minimum Gasteiger partial charge on any atom is -0.466 e. The van der Waals surface area contributed by atoms with Crippen molar-refractivity contribution in [3.05, 3.63) is 36.4 Å². The number of hydrogen-bond donors (Lipinski definition) is 0. The number of fused-ring (bicyclic) bond motifs is 1. The first kappa shape index (κ1) is 19.4. The third-order valence-corrected chi connectivity index (χ3v) is 6.03. The lowest BCUT2D eigenvalue weighted by Gasteiger charge is -2.31. The van der Waals surface area contributed by atoms with Crippen LogP contribution in [0.5, 0.6) is 0 Å². The highest BCUT2D eigenvalue weighted by Gasteiger charge is 2.55. The minimum atomic E-state index is -0.656. The highest BCUT2D eigenvalue weighted by atomic mass is 16.5. The molecule has 29 heavy (non-hydrogen) atoms. The SMILES string of the molecule is CCOC(=O)[C@@]12CCCN(C(=O)c3ccnn3C)C[C@H]1CN(c1ncccn1)C2. The van der Waals surface area contributed by atoms with Crippen LogP contribution in [-0.2, 0) is 16.6 Å². The Kier molecular flexibility index (Phi) is 5.21. The van der Waals surface area contributed by atoms with Gasteiger partial charge in [-0.2, -0.15) is 5.10 Å². The number of rotatable bonds is 4. The number of hydrogen-bond acceptors (Lipinski definition) is 7. The fourth-order valence-corrected chi connectivity index (χ4v) is 4.58. The Bertz CT molecular complexity index is 885. The number of esters is 1.